The van der Waals surface area contributed by atoms with E-state index in [1.807, 2.05) is 0 Å². The highest BCUT2D eigenvalue weighted by atomic mass is 16.5. The first-order valence-corrected chi connectivity index (χ1v) is 7.70. The fourth-order valence-electron chi connectivity index (χ4n) is 2.91. The summed E-state index contributed by atoms with van der Waals surface area (Å²) in [5, 5.41) is 0. The first-order chi connectivity index (χ1) is 9.11. The molecular formula is C15H28N2O2. The normalized spacial score (nSPS) is 24.7. The van der Waals surface area contributed by atoms with E-state index in [2.05, 4.69) is 18.7 Å². The third-order valence-electron chi connectivity index (χ3n) is 4.14. The lowest BCUT2D eigenvalue weighted by Crippen LogP contribution is -2.43. The number of amides is 1. The van der Waals surface area contributed by atoms with E-state index in [4.69, 9.17) is 10.5 Å². The lowest BCUT2D eigenvalue weighted by atomic mass is 9.95. The predicted molar refractivity (Wildman–Crippen MR) is 75.7 cm³/mol. The highest BCUT2D eigenvalue weighted by molar-refractivity contribution is 5.79. The number of nitrogens with two attached hydrogens (primary N) is 1. The minimum Gasteiger partial charge on any atom is -0.381 e. The van der Waals surface area contributed by atoms with E-state index >= 15 is 0 Å². The molecule has 1 amide bonds. The van der Waals surface area contributed by atoms with Gasteiger partial charge in [-0.2, -0.15) is 0 Å². The Morgan fingerprint density at radius 2 is 2.11 bits per heavy atom. The predicted octanol–water partition coefficient (Wildman–Crippen LogP) is 1.63. The molecule has 1 aliphatic carbocycles. The second-order valence-corrected chi connectivity index (χ2v) is 6.51. The molecule has 0 aromatic carbocycles. The number of hydrogen-bond acceptors (Lipinski definition) is 3. The smallest absolute Gasteiger partial charge is 0.227 e. The van der Waals surface area contributed by atoms with Crippen LogP contribution in [-0.2, 0) is 9.53 Å². The molecule has 1 saturated heterocycles. The van der Waals surface area contributed by atoms with E-state index in [9.17, 15) is 4.79 Å². The van der Waals surface area contributed by atoms with Crippen LogP contribution in [0, 0.1) is 17.8 Å². The van der Waals surface area contributed by atoms with Crippen molar-refractivity contribution in [3.05, 3.63) is 0 Å². The maximum absolute atomic E-state index is 12.7. The monoisotopic (exact) mass is 268 g/mol. The quantitative estimate of drug-likeness (QED) is 0.763. The SMILES string of the molecule is CC(C)CC(CN)C(=O)N(CC1CCOC1)C1CC1. The Bertz CT molecular complexity index is 297. The second-order valence-electron chi connectivity index (χ2n) is 6.51. The summed E-state index contributed by atoms with van der Waals surface area (Å²) in [5.41, 5.74) is 5.82. The molecule has 2 fully saturated rings. The van der Waals surface area contributed by atoms with Crippen LogP contribution in [0.5, 0.6) is 0 Å². The molecule has 2 N–H and O–H groups in total. The topological polar surface area (TPSA) is 55.6 Å². The third-order valence-corrected chi connectivity index (χ3v) is 4.14. The fourth-order valence-corrected chi connectivity index (χ4v) is 2.91. The van der Waals surface area contributed by atoms with Gasteiger partial charge in [0.1, 0.15) is 0 Å². The van der Waals surface area contributed by atoms with Crippen molar-refractivity contribution >= 4 is 5.91 Å². The van der Waals surface area contributed by atoms with Gasteiger partial charge in [0.05, 0.1) is 12.5 Å². The maximum Gasteiger partial charge on any atom is 0.227 e. The molecule has 0 aromatic heterocycles. The van der Waals surface area contributed by atoms with Gasteiger partial charge in [-0.15, -0.1) is 0 Å². The average molecular weight is 268 g/mol. The zero-order chi connectivity index (χ0) is 13.8. The molecule has 4 heteroatoms. The Balaban J connectivity index is 1.94. The molecule has 1 saturated carbocycles. The Hall–Kier alpha value is -0.610. The summed E-state index contributed by atoms with van der Waals surface area (Å²) in [6.07, 6.45) is 4.32. The highest BCUT2D eigenvalue weighted by Crippen LogP contribution is 2.31. The van der Waals surface area contributed by atoms with Crippen molar-refractivity contribution in [3.8, 4) is 0 Å². The molecule has 2 atom stereocenters. The molecule has 2 unspecified atom stereocenters. The molecule has 19 heavy (non-hydrogen) atoms. The molecule has 0 aromatic rings. The van der Waals surface area contributed by atoms with Crippen LogP contribution in [-0.4, -0.2) is 43.2 Å². The van der Waals surface area contributed by atoms with Crippen LogP contribution in [0.2, 0.25) is 0 Å². The van der Waals surface area contributed by atoms with Crippen LogP contribution < -0.4 is 5.73 Å². The van der Waals surface area contributed by atoms with Crippen molar-refractivity contribution in [1.29, 1.82) is 0 Å². The minimum absolute atomic E-state index is 0.00271. The van der Waals surface area contributed by atoms with E-state index < -0.39 is 0 Å². The largest absolute Gasteiger partial charge is 0.381 e. The van der Waals surface area contributed by atoms with Crippen molar-refractivity contribution in [1.82, 2.24) is 4.90 Å². The van der Waals surface area contributed by atoms with Crippen LogP contribution in [0.4, 0.5) is 0 Å². The molecule has 1 heterocycles. The van der Waals surface area contributed by atoms with Gasteiger partial charge < -0.3 is 15.4 Å². The lowest BCUT2D eigenvalue weighted by Gasteiger charge is -2.29. The van der Waals surface area contributed by atoms with Crippen molar-refractivity contribution in [2.75, 3.05) is 26.3 Å². The Labute approximate surface area is 116 Å². The van der Waals surface area contributed by atoms with Gasteiger partial charge in [-0.3, -0.25) is 4.79 Å². The number of ether oxygens (including phenoxy) is 1. The number of rotatable bonds is 7. The molecule has 0 spiro atoms. The summed E-state index contributed by atoms with van der Waals surface area (Å²) >= 11 is 0. The van der Waals surface area contributed by atoms with Crippen LogP contribution in [0.15, 0.2) is 0 Å². The van der Waals surface area contributed by atoms with Crippen molar-refractivity contribution < 1.29 is 9.53 Å². The van der Waals surface area contributed by atoms with Crippen LogP contribution in [0.3, 0.4) is 0 Å². The third kappa shape index (κ3) is 4.18. The van der Waals surface area contributed by atoms with Gasteiger partial charge in [0.25, 0.3) is 0 Å². The first-order valence-electron chi connectivity index (χ1n) is 7.70. The Morgan fingerprint density at radius 3 is 2.58 bits per heavy atom. The van der Waals surface area contributed by atoms with E-state index in [0.29, 0.717) is 24.4 Å². The summed E-state index contributed by atoms with van der Waals surface area (Å²) in [6, 6.07) is 0.481. The second kappa shape index (κ2) is 6.71. The maximum atomic E-state index is 12.7. The number of carbonyl (C=O) groups is 1. The van der Waals surface area contributed by atoms with Gasteiger partial charge in [-0.05, 0) is 31.6 Å². The van der Waals surface area contributed by atoms with Crippen LogP contribution >= 0.6 is 0 Å². The fraction of sp³-hybridized carbons (Fsp3) is 0.933. The summed E-state index contributed by atoms with van der Waals surface area (Å²) in [7, 11) is 0. The zero-order valence-electron chi connectivity index (χ0n) is 12.3. The molecule has 110 valence electrons. The molecule has 0 radical (unpaired) electrons. The lowest BCUT2D eigenvalue weighted by molar-refractivity contribution is -0.137. The molecule has 2 aliphatic rings. The van der Waals surface area contributed by atoms with Gasteiger partial charge >= 0.3 is 0 Å². The number of carbonyl (C=O) groups excluding carboxylic acids is 1. The highest BCUT2D eigenvalue weighted by Gasteiger charge is 2.37. The summed E-state index contributed by atoms with van der Waals surface area (Å²) in [6.45, 7) is 7.32. The van der Waals surface area contributed by atoms with E-state index in [1.54, 1.807) is 0 Å². The Kier molecular flexibility index (Phi) is 5.22. The van der Waals surface area contributed by atoms with Crippen LogP contribution in [0.1, 0.15) is 39.5 Å². The van der Waals surface area contributed by atoms with E-state index in [-0.39, 0.29) is 11.8 Å². The molecule has 4 nitrogen and oxygen atoms in total. The first kappa shape index (κ1) is 14.8. The van der Waals surface area contributed by atoms with Gasteiger partial charge in [0.2, 0.25) is 5.91 Å². The summed E-state index contributed by atoms with van der Waals surface area (Å²) in [5.74, 6) is 1.34. The van der Waals surface area contributed by atoms with E-state index in [1.165, 1.54) is 0 Å². The van der Waals surface area contributed by atoms with Crippen molar-refractivity contribution in [3.63, 3.8) is 0 Å². The summed E-state index contributed by atoms with van der Waals surface area (Å²) in [4.78, 5) is 14.8. The number of hydrogen-bond donors (Lipinski definition) is 1. The molecular weight excluding hydrogens is 240 g/mol. The van der Waals surface area contributed by atoms with Gasteiger partial charge in [0, 0.05) is 31.7 Å². The van der Waals surface area contributed by atoms with Gasteiger partial charge in [-0.1, -0.05) is 13.8 Å². The van der Waals surface area contributed by atoms with Gasteiger partial charge in [0.15, 0.2) is 0 Å². The number of nitrogens with zero attached hydrogens (tertiary/aromatic N) is 1. The zero-order valence-corrected chi connectivity index (χ0v) is 12.3. The molecule has 1 aliphatic heterocycles. The molecule has 0 bridgehead atoms. The van der Waals surface area contributed by atoms with Crippen molar-refractivity contribution in [2.24, 2.45) is 23.5 Å². The van der Waals surface area contributed by atoms with E-state index in [0.717, 1.165) is 45.4 Å². The van der Waals surface area contributed by atoms with Crippen LogP contribution in [0.25, 0.3) is 0 Å². The Morgan fingerprint density at radius 1 is 1.37 bits per heavy atom. The van der Waals surface area contributed by atoms with Crippen molar-refractivity contribution in [2.45, 2.75) is 45.6 Å². The van der Waals surface area contributed by atoms with Gasteiger partial charge in [-0.25, -0.2) is 0 Å². The minimum atomic E-state index is 0.00271. The summed E-state index contributed by atoms with van der Waals surface area (Å²) < 4.78 is 5.43. The molecule has 2 rings (SSSR count). The standard InChI is InChI=1S/C15H28N2O2/c1-11(2)7-13(8-16)15(18)17(14-3-4-14)9-12-5-6-19-10-12/h11-14H,3-10,16H2,1-2H3. The average Bonchev–Trinajstić information content (AvgIpc) is 3.09.